The molecule has 2 nitrogen and oxygen atoms in total. The molecule has 0 bridgehead atoms. The van der Waals surface area contributed by atoms with Crippen LogP contribution in [0.4, 0.5) is 0 Å². The maximum Gasteiger partial charge on any atom is 0.103 e. The molecule has 0 aromatic rings. The third-order valence-electron chi connectivity index (χ3n) is 1.30. The highest BCUT2D eigenvalue weighted by Gasteiger charge is 2.06. The van der Waals surface area contributed by atoms with Crippen LogP contribution in [0.15, 0.2) is 11.9 Å². The number of hydrogen-bond acceptors (Lipinski definition) is 2. The molecule has 0 spiro atoms. The molecule has 0 atom stereocenters. The molecule has 0 aromatic heterocycles. The molecular formula is C9H9N2. The second-order valence-electron chi connectivity index (χ2n) is 2.13. The number of nitrogens with zero attached hydrogens (tertiary/aromatic N) is 1. The molecule has 0 amide bonds. The lowest BCUT2D eigenvalue weighted by Crippen LogP contribution is -2.21. The number of allylic oxidation sites excluding steroid dienone is 1. The average Bonchev–Trinajstić information content (AvgIpc) is 2.38. The van der Waals surface area contributed by atoms with Gasteiger partial charge in [0.2, 0.25) is 0 Å². The molecule has 0 aliphatic carbocycles. The molecule has 2 heteroatoms. The Morgan fingerprint density at radius 2 is 2.64 bits per heavy atom. The lowest BCUT2D eigenvalue weighted by molar-refractivity contribution is 0.438. The van der Waals surface area contributed by atoms with Crippen molar-refractivity contribution >= 4 is 0 Å². The standard InChI is InChI=1S/C9H9N2/c1-3-5-9-7-11(6-4-2)8-10-9/h2,7,10H,1,6,8H2. The van der Waals surface area contributed by atoms with Crippen LogP contribution >= 0.6 is 0 Å². The molecule has 0 fully saturated rings. The van der Waals surface area contributed by atoms with E-state index in [1.807, 2.05) is 11.1 Å². The highest BCUT2D eigenvalue weighted by atomic mass is 15.3. The van der Waals surface area contributed by atoms with Crippen LogP contribution in [0.2, 0.25) is 0 Å². The minimum atomic E-state index is 0.620. The SMILES string of the molecule is C#CCN1C=C(C#C[CH2])NC1. The normalized spacial score (nSPS) is 14.2. The van der Waals surface area contributed by atoms with Crippen molar-refractivity contribution in [1.82, 2.24) is 10.2 Å². The highest BCUT2D eigenvalue weighted by molar-refractivity contribution is 5.29. The Hall–Kier alpha value is -1.54. The summed E-state index contributed by atoms with van der Waals surface area (Å²) in [5, 5.41) is 3.07. The topological polar surface area (TPSA) is 15.3 Å². The molecule has 1 radical (unpaired) electrons. The van der Waals surface area contributed by atoms with Gasteiger partial charge in [-0.15, -0.1) is 6.42 Å². The minimum Gasteiger partial charge on any atom is -0.360 e. The van der Waals surface area contributed by atoms with Crippen molar-refractivity contribution in [3.05, 3.63) is 18.8 Å². The van der Waals surface area contributed by atoms with Crippen molar-refractivity contribution in [1.29, 1.82) is 0 Å². The van der Waals surface area contributed by atoms with Crippen LogP contribution in [0.3, 0.4) is 0 Å². The van der Waals surface area contributed by atoms with Crippen LogP contribution in [-0.4, -0.2) is 18.1 Å². The van der Waals surface area contributed by atoms with Crippen LogP contribution in [0, 0.1) is 31.1 Å². The third kappa shape index (κ3) is 1.95. The van der Waals surface area contributed by atoms with E-state index in [2.05, 4.69) is 30.0 Å². The zero-order valence-electron chi connectivity index (χ0n) is 6.22. The number of rotatable bonds is 1. The molecule has 0 saturated heterocycles. The van der Waals surface area contributed by atoms with Crippen molar-refractivity contribution in [2.24, 2.45) is 0 Å². The lowest BCUT2D eigenvalue weighted by atomic mass is 10.5. The van der Waals surface area contributed by atoms with Crippen LogP contribution in [0.1, 0.15) is 0 Å². The summed E-state index contributed by atoms with van der Waals surface area (Å²) in [6.45, 7) is 4.78. The van der Waals surface area contributed by atoms with Gasteiger partial charge >= 0.3 is 0 Å². The van der Waals surface area contributed by atoms with Gasteiger partial charge in [-0.25, -0.2) is 0 Å². The fourth-order valence-electron chi connectivity index (χ4n) is 0.851. The molecule has 1 aliphatic rings. The number of hydrogen-bond donors (Lipinski definition) is 1. The Balaban J connectivity index is 2.53. The molecular weight excluding hydrogens is 136 g/mol. The highest BCUT2D eigenvalue weighted by Crippen LogP contribution is 2.00. The Kier molecular flexibility index (Phi) is 2.47. The van der Waals surface area contributed by atoms with Gasteiger partial charge in [0.25, 0.3) is 0 Å². The first-order chi connectivity index (χ1) is 5.36. The van der Waals surface area contributed by atoms with Gasteiger partial charge in [0.1, 0.15) is 5.70 Å². The summed E-state index contributed by atoms with van der Waals surface area (Å²) in [6.07, 6.45) is 7.03. The quantitative estimate of drug-likeness (QED) is 0.529. The van der Waals surface area contributed by atoms with Crippen LogP contribution < -0.4 is 5.32 Å². The Bertz CT molecular complexity index is 260. The third-order valence-corrected chi connectivity index (χ3v) is 1.30. The van der Waals surface area contributed by atoms with E-state index in [1.165, 1.54) is 0 Å². The Labute approximate surface area is 67.3 Å². The molecule has 1 heterocycles. The van der Waals surface area contributed by atoms with E-state index in [-0.39, 0.29) is 0 Å². The summed E-state index contributed by atoms with van der Waals surface area (Å²) in [6, 6.07) is 0. The molecule has 11 heavy (non-hydrogen) atoms. The van der Waals surface area contributed by atoms with Crippen molar-refractivity contribution in [3.8, 4) is 24.2 Å². The van der Waals surface area contributed by atoms with Gasteiger partial charge in [-0.2, -0.15) is 0 Å². The lowest BCUT2D eigenvalue weighted by Gasteiger charge is -2.08. The summed E-state index contributed by atoms with van der Waals surface area (Å²) in [5.74, 6) is 7.92. The molecule has 0 saturated carbocycles. The van der Waals surface area contributed by atoms with E-state index in [0.717, 1.165) is 12.4 Å². The average molecular weight is 145 g/mol. The summed E-state index contributed by atoms with van der Waals surface area (Å²) in [5.41, 5.74) is 0.884. The molecule has 55 valence electrons. The van der Waals surface area contributed by atoms with Crippen LogP contribution in [0.25, 0.3) is 0 Å². The maximum atomic E-state index is 5.13. The van der Waals surface area contributed by atoms with Gasteiger partial charge in [0, 0.05) is 13.1 Å². The second-order valence-corrected chi connectivity index (χ2v) is 2.13. The largest absolute Gasteiger partial charge is 0.360 e. The van der Waals surface area contributed by atoms with Crippen molar-refractivity contribution in [2.75, 3.05) is 13.2 Å². The van der Waals surface area contributed by atoms with E-state index < -0.39 is 0 Å². The molecule has 0 unspecified atom stereocenters. The van der Waals surface area contributed by atoms with Crippen molar-refractivity contribution in [2.45, 2.75) is 0 Å². The fourth-order valence-corrected chi connectivity index (χ4v) is 0.851. The van der Waals surface area contributed by atoms with E-state index in [4.69, 9.17) is 6.42 Å². The number of terminal acetylenes is 1. The van der Waals surface area contributed by atoms with Gasteiger partial charge in [-0.05, 0) is 5.92 Å². The summed E-state index contributed by atoms with van der Waals surface area (Å²) in [4.78, 5) is 1.97. The fraction of sp³-hybridized carbons (Fsp3) is 0.222. The maximum absolute atomic E-state index is 5.13. The van der Waals surface area contributed by atoms with Gasteiger partial charge < -0.3 is 10.2 Å². The summed E-state index contributed by atoms with van der Waals surface area (Å²) in [7, 11) is 0. The minimum absolute atomic E-state index is 0.620. The van der Waals surface area contributed by atoms with Gasteiger partial charge in [-0.1, -0.05) is 11.8 Å². The van der Waals surface area contributed by atoms with E-state index in [0.29, 0.717) is 6.54 Å². The van der Waals surface area contributed by atoms with Gasteiger partial charge in [-0.3, -0.25) is 0 Å². The summed E-state index contributed by atoms with van der Waals surface area (Å²) < 4.78 is 0. The van der Waals surface area contributed by atoms with Gasteiger partial charge in [0.15, 0.2) is 0 Å². The van der Waals surface area contributed by atoms with E-state index in [1.54, 1.807) is 0 Å². The smallest absolute Gasteiger partial charge is 0.103 e. The van der Waals surface area contributed by atoms with E-state index in [9.17, 15) is 0 Å². The number of nitrogens with one attached hydrogen (secondary N) is 1. The predicted octanol–water partition coefficient (Wildman–Crippen LogP) is 0.161. The predicted molar refractivity (Wildman–Crippen MR) is 44.8 cm³/mol. The first-order valence-corrected chi connectivity index (χ1v) is 3.28. The molecule has 0 aromatic carbocycles. The first kappa shape index (κ1) is 7.57. The second kappa shape index (κ2) is 3.58. The van der Waals surface area contributed by atoms with Crippen LogP contribution in [-0.2, 0) is 0 Å². The zero-order valence-corrected chi connectivity index (χ0v) is 6.22. The Morgan fingerprint density at radius 3 is 3.27 bits per heavy atom. The van der Waals surface area contributed by atoms with E-state index >= 15 is 0 Å². The van der Waals surface area contributed by atoms with Crippen LogP contribution in [0.5, 0.6) is 0 Å². The Morgan fingerprint density at radius 1 is 1.82 bits per heavy atom. The molecule has 1 rings (SSSR count). The monoisotopic (exact) mass is 145 g/mol. The molecule has 1 aliphatic heterocycles. The van der Waals surface area contributed by atoms with Gasteiger partial charge in [0.05, 0.1) is 13.2 Å². The van der Waals surface area contributed by atoms with Crippen molar-refractivity contribution in [3.63, 3.8) is 0 Å². The summed E-state index contributed by atoms with van der Waals surface area (Å²) >= 11 is 0. The zero-order chi connectivity index (χ0) is 8.10. The van der Waals surface area contributed by atoms with Crippen molar-refractivity contribution < 1.29 is 0 Å². The first-order valence-electron chi connectivity index (χ1n) is 3.28. The molecule has 1 N–H and O–H groups in total.